The number of hydrogen-bond donors (Lipinski definition) is 0. The molecule has 10 aromatic rings. The molecule has 0 bridgehead atoms. The molecule has 0 N–H and O–H groups in total. The third-order valence-electron chi connectivity index (χ3n) is 12.2. The predicted octanol–water partition coefficient (Wildman–Crippen LogP) is 14.0. The highest BCUT2D eigenvalue weighted by Crippen LogP contribution is 2.66. The van der Waals surface area contributed by atoms with E-state index in [-0.39, 0.29) is 0 Å². The van der Waals surface area contributed by atoms with Gasteiger partial charge in [-0.25, -0.2) is 0 Å². The van der Waals surface area contributed by atoms with Crippen molar-refractivity contribution in [1.82, 2.24) is 0 Å². The van der Waals surface area contributed by atoms with Gasteiger partial charge < -0.3 is 0 Å². The molecule has 0 amide bonds. The Balaban J connectivity index is 1.27. The summed E-state index contributed by atoms with van der Waals surface area (Å²) in [5, 5.41) is 10.3. The third-order valence-corrected chi connectivity index (χ3v) is 12.2. The molecule has 10 aromatic carbocycles. The van der Waals surface area contributed by atoms with E-state index < -0.39 is 5.41 Å². The largest absolute Gasteiger partial charge is 0.0731 e. The Hall–Kier alpha value is -6.76. The quantitative estimate of drug-likeness (QED) is 0.127. The minimum atomic E-state index is -0.495. The van der Waals surface area contributed by atoms with E-state index >= 15 is 0 Å². The average Bonchev–Trinajstić information content (AvgIpc) is 3.70. The molecule has 0 heterocycles. The van der Waals surface area contributed by atoms with Crippen LogP contribution in [0.2, 0.25) is 0 Å². The summed E-state index contributed by atoms with van der Waals surface area (Å²) in [5.41, 5.74) is 15.4. The molecule has 2 aliphatic rings. The van der Waals surface area contributed by atoms with E-state index in [0.717, 1.165) is 0 Å². The molecule has 0 nitrogen and oxygen atoms in total. The molecule has 12 rings (SSSR count). The van der Waals surface area contributed by atoms with E-state index in [0.29, 0.717) is 0 Å². The molecule has 0 fully saturated rings. The fraction of sp³-hybridized carbons (Fsp3) is 0.0189. The van der Waals surface area contributed by atoms with E-state index in [1.54, 1.807) is 0 Å². The molecule has 0 heteroatoms. The van der Waals surface area contributed by atoms with Crippen LogP contribution in [0.15, 0.2) is 194 Å². The van der Waals surface area contributed by atoms with E-state index in [9.17, 15) is 0 Å². The van der Waals surface area contributed by atoms with Crippen LogP contribution in [0, 0.1) is 0 Å². The highest BCUT2D eigenvalue weighted by molar-refractivity contribution is 6.20. The Labute approximate surface area is 308 Å². The normalized spacial score (nSPS) is 13.4. The molecule has 244 valence electrons. The molecule has 0 aliphatic heterocycles. The van der Waals surface area contributed by atoms with Crippen LogP contribution in [-0.2, 0) is 5.41 Å². The van der Waals surface area contributed by atoms with Gasteiger partial charge in [0, 0.05) is 0 Å². The predicted molar refractivity (Wildman–Crippen MR) is 224 cm³/mol. The Bertz CT molecular complexity index is 3120. The van der Waals surface area contributed by atoms with E-state index in [4.69, 9.17) is 0 Å². The average molecular weight is 669 g/mol. The standard InChI is InChI=1S/C53H32/c1-2-14-33(15-3-1)45-30-36-18-6-9-21-40(36)52-51(45)44-29-27-37(32-49(44)53(52)47-24-12-10-22-41(47)42-23-11-13-25-48(42)53)50-39-20-8-5-17-35(39)31-46-38-19-7-4-16-34(38)26-28-43(46)50/h1-32H. The molecule has 0 saturated carbocycles. The monoisotopic (exact) mass is 668 g/mol. The molecule has 2 aliphatic carbocycles. The summed E-state index contributed by atoms with van der Waals surface area (Å²) in [6.07, 6.45) is 0. The van der Waals surface area contributed by atoms with Gasteiger partial charge in [0.15, 0.2) is 0 Å². The Morgan fingerprint density at radius 1 is 0.264 bits per heavy atom. The molecule has 1 spiro atoms. The highest BCUT2D eigenvalue weighted by Gasteiger charge is 2.53. The second-order valence-electron chi connectivity index (χ2n) is 14.7. The van der Waals surface area contributed by atoms with Crippen LogP contribution < -0.4 is 0 Å². The topological polar surface area (TPSA) is 0 Å². The first-order valence-electron chi connectivity index (χ1n) is 18.6. The summed E-state index contributed by atoms with van der Waals surface area (Å²) in [6.45, 7) is 0. The van der Waals surface area contributed by atoms with Crippen LogP contribution in [0.25, 0.3) is 87.6 Å². The van der Waals surface area contributed by atoms with Crippen LogP contribution in [0.1, 0.15) is 22.3 Å². The molecular weight excluding hydrogens is 637 g/mol. The lowest BCUT2D eigenvalue weighted by atomic mass is 9.68. The molecule has 0 saturated heterocycles. The second-order valence-corrected chi connectivity index (χ2v) is 14.7. The maximum atomic E-state index is 2.56. The van der Waals surface area contributed by atoms with Gasteiger partial charge in [0.05, 0.1) is 5.41 Å². The summed E-state index contributed by atoms with van der Waals surface area (Å²) in [6, 6.07) is 72.9. The van der Waals surface area contributed by atoms with Crippen molar-refractivity contribution in [1.29, 1.82) is 0 Å². The first-order valence-corrected chi connectivity index (χ1v) is 18.6. The van der Waals surface area contributed by atoms with Crippen LogP contribution in [-0.4, -0.2) is 0 Å². The lowest BCUT2D eigenvalue weighted by Crippen LogP contribution is -2.26. The zero-order chi connectivity index (χ0) is 34.7. The maximum Gasteiger partial charge on any atom is 0.0731 e. The third kappa shape index (κ3) is 3.75. The number of fused-ring (bicyclic) bond motifs is 16. The van der Waals surface area contributed by atoms with E-state index in [2.05, 4.69) is 194 Å². The van der Waals surface area contributed by atoms with Gasteiger partial charge in [-0.2, -0.15) is 0 Å². The van der Waals surface area contributed by atoms with E-state index in [1.165, 1.54) is 110 Å². The zero-order valence-electron chi connectivity index (χ0n) is 29.0. The summed E-state index contributed by atoms with van der Waals surface area (Å²) in [4.78, 5) is 0. The lowest BCUT2D eigenvalue weighted by molar-refractivity contribution is 0.802. The van der Waals surface area contributed by atoms with Gasteiger partial charge in [-0.3, -0.25) is 0 Å². The molecule has 53 heavy (non-hydrogen) atoms. The van der Waals surface area contributed by atoms with Gasteiger partial charge in [-0.15, -0.1) is 0 Å². The maximum absolute atomic E-state index is 2.56. The number of hydrogen-bond acceptors (Lipinski definition) is 0. The number of rotatable bonds is 2. The van der Waals surface area contributed by atoms with Crippen LogP contribution in [0.4, 0.5) is 0 Å². The minimum absolute atomic E-state index is 0.495. The first kappa shape index (κ1) is 28.9. The highest BCUT2D eigenvalue weighted by atomic mass is 14.5. The van der Waals surface area contributed by atoms with Crippen LogP contribution in [0.5, 0.6) is 0 Å². The van der Waals surface area contributed by atoms with Gasteiger partial charge in [0.2, 0.25) is 0 Å². The van der Waals surface area contributed by atoms with Gasteiger partial charge in [-0.05, 0) is 128 Å². The fourth-order valence-corrected chi connectivity index (χ4v) is 10.2. The lowest BCUT2D eigenvalue weighted by Gasteiger charge is -2.32. The molecule has 0 unspecified atom stereocenters. The van der Waals surface area contributed by atoms with Crippen molar-refractivity contribution >= 4 is 43.1 Å². The smallest absolute Gasteiger partial charge is 0.0622 e. The molecule has 0 aromatic heterocycles. The van der Waals surface area contributed by atoms with Gasteiger partial charge >= 0.3 is 0 Å². The summed E-state index contributed by atoms with van der Waals surface area (Å²) < 4.78 is 0. The first-order chi connectivity index (χ1) is 26.3. The summed E-state index contributed by atoms with van der Waals surface area (Å²) in [5.74, 6) is 0. The molecule has 0 radical (unpaired) electrons. The zero-order valence-corrected chi connectivity index (χ0v) is 29.0. The number of benzene rings is 10. The van der Waals surface area contributed by atoms with Crippen LogP contribution >= 0.6 is 0 Å². The SMILES string of the molecule is c1ccc(-c2cc3ccccc3c3c2-c2ccc(-c4c5ccccc5cc5c4ccc4ccccc45)cc2C32c3ccccc3-c3ccccc32)cc1. The van der Waals surface area contributed by atoms with Crippen molar-refractivity contribution in [3.63, 3.8) is 0 Å². The fourth-order valence-electron chi connectivity index (χ4n) is 10.2. The van der Waals surface area contributed by atoms with Gasteiger partial charge in [0.25, 0.3) is 0 Å². The van der Waals surface area contributed by atoms with Gasteiger partial charge in [0.1, 0.15) is 0 Å². The van der Waals surface area contributed by atoms with Gasteiger partial charge in [-0.1, -0.05) is 176 Å². The Morgan fingerprint density at radius 3 is 1.62 bits per heavy atom. The van der Waals surface area contributed by atoms with Crippen molar-refractivity contribution < 1.29 is 0 Å². The van der Waals surface area contributed by atoms with Crippen molar-refractivity contribution in [2.45, 2.75) is 5.41 Å². The Kier molecular flexibility index (Phi) is 5.80. The Morgan fingerprint density at radius 2 is 0.868 bits per heavy atom. The van der Waals surface area contributed by atoms with Crippen molar-refractivity contribution in [3.8, 4) is 44.5 Å². The van der Waals surface area contributed by atoms with Crippen molar-refractivity contribution in [2.75, 3.05) is 0 Å². The van der Waals surface area contributed by atoms with Crippen LogP contribution in [0.3, 0.4) is 0 Å². The van der Waals surface area contributed by atoms with Crippen molar-refractivity contribution in [2.24, 2.45) is 0 Å². The summed E-state index contributed by atoms with van der Waals surface area (Å²) in [7, 11) is 0. The van der Waals surface area contributed by atoms with E-state index in [1.807, 2.05) is 0 Å². The molecule has 0 atom stereocenters. The van der Waals surface area contributed by atoms with Crippen molar-refractivity contribution in [3.05, 3.63) is 216 Å². The summed E-state index contributed by atoms with van der Waals surface area (Å²) >= 11 is 0. The molecular formula is C53H32. The minimum Gasteiger partial charge on any atom is -0.0622 e. The second kappa shape index (κ2) is 10.6.